The Labute approximate surface area is 168 Å². The van der Waals surface area contributed by atoms with Gasteiger partial charge in [0.05, 0.1) is 6.54 Å². The van der Waals surface area contributed by atoms with Crippen molar-refractivity contribution in [2.75, 3.05) is 6.54 Å². The van der Waals surface area contributed by atoms with Crippen LogP contribution in [0.25, 0.3) is 0 Å². The third kappa shape index (κ3) is 2.96. The van der Waals surface area contributed by atoms with Crippen LogP contribution in [0.2, 0.25) is 0 Å². The van der Waals surface area contributed by atoms with Gasteiger partial charge >= 0.3 is 6.03 Å². The first-order valence-corrected chi connectivity index (χ1v) is 10.4. The number of carbonyl (C=O) groups is 3. The monoisotopic (exact) mass is 396 g/mol. The van der Waals surface area contributed by atoms with Crippen LogP contribution >= 0.6 is 11.3 Å². The lowest BCUT2D eigenvalue weighted by Gasteiger charge is -2.31. The van der Waals surface area contributed by atoms with Gasteiger partial charge in [0.25, 0.3) is 5.91 Å². The number of nitrogens with one attached hydrogen (secondary N) is 1. The fourth-order valence-corrected chi connectivity index (χ4v) is 5.08. The van der Waals surface area contributed by atoms with E-state index in [0.717, 1.165) is 33.7 Å². The Kier molecular flexibility index (Phi) is 4.42. The topological polar surface area (TPSA) is 66.5 Å². The smallest absolute Gasteiger partial charge is 0.319 e. The molecule has 2 aromatic rings. The maximum absolute atomic E-state index is 13.2. The number of fused-ring (bicyclic) bond motifs is 2. The van der Waals surface area contributed by atoms with Gasteiger partial charge in [-0.15, -0.1) is 11.3 Å². The highest BCUT2D eigenvalue weighted by Gasteiger charge is 2.54. The maximum Gasteiger partial charge on any atom is 0.325 e. The predicted octanol–water partition coefficient (Wildman–Crippen LogP) is 4.01. The summed E-state index contributed by atoms with van der Waals surface area (Å²) in [6, 6.07) is 8.85. The number of hydrogen-bond acceptors (Lipinski definition) is 4. The van der Waals surface area contributed by atoms with Crippen LogP contribution in [0.5, 0.6) is 0 Å². The average molecular weight is 397 g/mol. The van der Waals surface area contributed by atoms with E-state index in [1.54, 1.807) is 23.5 Å². The second-order valence-corrected chi connectivity index (χ2v) is 9.59. The molecule has 2 aliphatic rings. The first kappa shape index (κ1) is 18.9. The molecule has 1 aliphatic heterocycles. The second-order valence-electron chi connectivity index (χ2n) is 8.59. The van der Waals surface area contributed by atoms with Crippen LogP contribution in [0, 0.1) is 0 Å². The van der Waals surface area contributed by atoms with Gasteiger partial charge in [0, 0.05) is 16.0 Å². The summed E-state index contributed by atoms with van der Waals surface area (Å²) in [5.74, 6) is -0.543. The third-order valence-corrected chi connectivity index (χ3v) is 6.69. The molecule has 2 heterocycles. The number of imide groups is 1. The van der Waals surface area contributed by atoms with E-state index in [1.807, 2.05) is 23.6 Å². The molecule has 5 nitrogen and oxygen atoms in total. The number of aryl methyl sites for hydroxylation is 1. The van der Waals surface area contributed by atoms with Gasteiger partial charge < -0.3 is 5.32 Å². The highest BCUT2D eigenvalue weighted by atomic mass is 32.1. The first-order valence-electron chi connectivity index (χ1n) is 9.57. The van der Waals surface area contributed by atoms with E-state index in [-0.39, 0.29) is 23.7 Å². The number of amides is 3. The number of urea groups is 1. The van der Waals surface area contributed by atoms with E-state index in [0.29, 0.717) is 12.0 Å². The normalized spacial score (nSPS) is 21.8. The largest absolute Gasteiger partial charge is 0.325 e. The number of Topliss-reactive ketones (excluding diaryl/α,β-unsaturated/α-hetero) is 1. The molecule has 1 N–H and O–H groups in total. The summed E-state index contributed by atoms with van der Waals surface area (Å²) in [4.78, 5) is 40.8. The van der Waals surface area contributed by atoms with Crippen LogP contribution in [0.4, 0.5) is 4.79 Å². The minimum absolute atomic E-state index is 0.00200. The van der Waals surface area contributed by atoms with Crippen LogP contribution in [-0.2, 0) is 22.2 Å². The van der Waals surface area contributed by atoms with Crippen LogP contribution in [0.1, 0.15) is 60.0 Å². The highest BCUT2D eigenvalue weighted by molar-refractivity contribution is 7.10. The molecule has 0 unspecified atom stereocenters. The molecule has 0 radical (unpaired) electrons. The van der Waals surface area contributed by atoms with Gasteiger partial charge in [-0.1, -0.05) is 45.0 Å². The standard InChI is InChI=1S/C22H24N2O3S/c1-21(2,3)15-8-6-14(7-9-15)17(25)13-24-19(26)22(23-20(24)27)11-4-5-18-16(22)10-12-28-18/h6-10,12H,4-5,11,13H2,1-3H3,(H,23,27)/t22-/m0/s1. The van der Waals surface area contributed by atoms with E-state index in [2.05, 4.69) is 26.1 Å². The summed E-state index contributed by atoms with van der Waals surface area (Å²) in [5.41, 5.74) is 1.53. The van der Waals surface area contributed by atoms with E-state index >= 15 is 0 Å². The van der Waals surface area contributed by atoms with Crippen molar-refractivity contribution >= 4 is 29.1 Å². The maximum atomic E-state index is 13.2. The van der Waals surface area contributed by atoms with Gasteiger partial charge in [-0.2, -0.15) is 0 Å². The average Bonchev–Trinajstić information content (AvgIpc) is 3.22. The number of rotatable bonds is 3. The molecule has 0 saturated carbocycles. The number of nitrogens with zero attached hydrogens (tertiary/aromatic N) is 1. The Morgan fingerprint density at radius 1 is 1.18 bits per heavy atom. The molecule has 1 atom stereocenters. The molecular formula is C22H24N2O3S. The third-order valence-electron chi connectivity index (χ3n) is 5.71. The molecule has 1 aromatic carbocycles. The lowest BCUT2D eigenvalue weighted by molar-refractivity contribution is -0.131. The first-order chi connectivity index (χ1) is 13.2. The van der Waals surface area contributed by atoms with Crippen LogP contribution in [-0.4, -0.2) is 29.2 Å². The quantitative estimate of drug-likeness (QED) is 0.630. The Morgan fingerprint density at radius 2 is 1.89 bits per heavy atom. The van der Waals surface area contributed by atoms with Crippen LogP contribution < -0.4 is 5.32 Å². The Bertz CT molecular complexity index is 955. The molecule has 6 heteroatoms. The summed E-state index contributed by atoms with van der Waals surface area (Å²) < 4.78 is 0. The van der Waals surface area contributed by atoms with Crippen molar-refractivity contribution in [3.8, 4) is 0 Å². The zero-order valence-electron chi connectivity index (χ0n) is 16.4. The highest BCUT2D eigenvalue weighted by Crippen LogP contribution is 2.42. The molecule has 146 valence electrons. The van der Waals surface area contributed by atoms with Crippen molar-refractivity contribution in [3.63, 3.8) is 0 Å². The van der Waals surface area contributed by atoms with E-state index in [1.165, 1.54) is 0 Å². The van der Waals surface area contributed by atoms with Crippen molar-refractivity contribution in [2.24, 2.45) is 0 Å². The summed E-state index contributed by atoms with van der Waals surface area (Å²) in [6.07, 6.45) is 2.35. The molecular weight excluding hydrogens is 372 g/mol. The molecule has 1 aromatic heterocycles. The second kappa shape index (κ2) is 6.55. The SMILES string of the molecule is CC(C)(C)c1ccc(C(=O)CN2C(=O)N[C@]3(CCCc4sccc43)C2=O)cc1. The molecule has 1 aliphatic carbocycles. The van der Waals surface area contributed by atoms with Crippen molar-refractivity contribution in [1.82, 2.24) is 10.2 Å². The summed E-state index contributed by atoms with van der Waals surface area (Å²) in [7, 11) is 0. The van der Waals surface area contributed by atoms with Gasteiger partial charge in [0.1, 0.15) is 5.54 Å². The van der Waals surface area contributed by atoms with Gasteiger partial charge in [0.2, 0.25) is 0 Å². The van der Waals surface area contributed by atoms with Gasteiger partial charge in [-0.25, -0.2) is 4.79 Å². The summed E-state index contributed by atoms with van der Waals surface area (Å²) >= 11 is 1.62. The Morgan fingerprint density at radius 3 is 2.57 bits per heavy atom. The van der Waals surface area contributed by atoms with Gasteiger partial charge in [0.15, 0.2) is 5.78 Å². The molecule has 0 bridgehead atoms. The molecule has 4 rings (SSSR count). The fraction of sp³-hybridized carbons (Fsp3) is 0.409. The number of benzene rings is 1. The Hall–Kier alpha value is -2.47. The van der Waals surface area contributed by atoms with Gasteiger partial charge in [-0.05, 0) is 41.7 Å². The van der Waals surface area contributed by atoms with Crippen molar-refractivity contribution < 1.29 is 14.4 Å². The van der Waals surface area contributed by atoms with E-state index in [4.69, 9.17) is 0 Å². The van der Waals surface area contributed by atoms with E-state index in [9.17, 15) is 14.4 Å². The molecule has 1 fully saturated rings. The van der Waals surface area contributed by atoms with E-state index < -0.39 is 11.6 Å². The predicted molar refractivity (Wildman–Crippen MR) is 109 cm³/mol. The number of ketones is 1. The Balaban J connectivity index is 1.56. The molecule has 1 saturated heterocycles. The minimum atomic E-state index is -0.999. The lowest BCUT2D eigenvalue weighted by atomic mass is 9.80. The fourth-order valence-electron chi connectivity index (χ4n) is 4.08. The summed E-state index contributed by atoms with van der Waals surface area (Å²) in [6.45, 7) is 6.10. The molecule has 28 heavy (non-hydrogen) atoms. The van der Waals surface area contributed by atoms with Crippen molar-refractivity contribution in [3.05, 3.63) is 57.3 Å². The zero-order chi connectivity index (χ0) is 20.1. The van der Waals surface area contributed by atoms with Crippen molar-refractivity contribution in [2.45, 2.75) is 51.0 Å². The van der Waals surface area contributed by atoms with Crippen LogP contribution in [0.15, 0.2) is 35.7 Å². The van der Waals surface area contributed by atoms with Crippen molar-refractivity contribution in [1.29, 1.82) is 0 Å². The number of hydrogen-bond donors (Lipinski definition) is 1. The molecule has 1 spiro atoms. The molecule has 3 amide bonds. The van der Waals surface area contributed by atoms with Crippen LogP contribution in [0.3, 0.4) is 0 Å². The van der Waals surface area contributed by atoms with Gasteiger partial charge in [-0.3, -0.25) is 14.5 Å². The summed E-state index contributed by atoms with van der Waals surface area (Å²) in [5, 5.41) is 4.85. The number of carbonyl (C=O) groups excluding carboxylic acids is 3. The minimum Gasteiger partial charge on any atom is -0.319 e. The lowest BCUT2D eigenvalue weighted by Crippen LogP contribution is -2.46. The number of thiophene rings is 1. The zero-order valence-corrected chi connectivity index (χ0v) is 17.2.